The molecule has 8 aromatic carbocycles. The molecule has 2 aromatic heterocycles. The molecule has 70 heavy (non-hydrogen) atoms. The Morgan fingerprint density at radius 1 is 0.486 bits per heavy atom. The third kappa shape index (κ3) is 6.16. The topological polar surface area (TPSA) is 17.8 Å². The summed E-state index contributed by atoms with van der Waals surface area (Å²) in [6, 6.07) is 77.7. The highest BCUT2D eigenvalue weighted by molar-refractivity contribution is 6.09. The van der Waals surface area contributed by atoms with Crippen LogP contribution >= 0.6 is 0 Å². The zero-order chi connectivity index (χ0) is 46.2. The van der Waals surface area contributed by atoms with E-state index in [9.17, 15) is 0 Å². The molecule has 0 fully saturated rings. The zero-order valence-electron chi connectivity index (χ0n) is 38.7. The van der Waals surface area contributed by atoms with Gasteiger partial charge in [-0.2, -0.15) is 0 Å². The van der Waals surface area contributed by atoms with Crippen molar-refractivity contribution in [3.8, 4) is 22.3 Å². The number of fused-ring (bicyclic) bond motifs is 8. The van der Waals surface area contributed by atoms with Gasteiger partial charge in [-0.1, -0.05) is 212 Å². The van der Waals surface area contributed by atoms with Gasteiger partial charge in [-0.25, -0.2) is 0 Å². The van der Waals surface area contributed by atoms with Gasteiger partial charge in [0.1, 0.15) is 0 Å². The van der Waals surface area contributed by atoms with E-state index < -0.39 is 5.41 Å². The predicted octanol–water partition coefficient (Wildman–Crippen LogP) is 14.7. The normalized spacial score (nSPS) is 17.4. The Morgan fingerprint density at radius 3 is 1.79 bits per heavy atom. The van der Waals surface area contributed by atoms with Crippen LogP contribution in [0, 0.1) is 5.92 Å². The summed E-state index contributed by atoms with van der Waals surface area (Å²) < 4.78 is 2.50. The van der Waals surface area contributed by atoms with Crippen LogP contribution in [0.5, 0.6) is 0 Å². The van der Waals surface area contributed by atoms with Gasteiger partial charge in [-0.05, 0) is 137 Å². The smallest absolute Gasteiger partial charge is 0.0713 e. The molecule has 2 heterocycles. The van der Waals surface area contributed by atoms with E-state index in [-0.39, 0.29) is 12.0 Å². The van der Waals surface area contributed by atoms with Crippen LogP contribution in [0.1, 0.15) is 57.8 Å². The molecule has 14 rings (SSSR count). The molecule has 10 aromatic rings. The average molecular weight is 893 g/mol. The number of allylic oxidation sites excluding steroid dienone is 8. The number of hydrogen-bond acceptors (Lipinski definition) is 1. The minimum atomic E-state index is -0.570. The van der Waals surface area contributed by atoms with Gasteiger partial charge in [0.05, 0.1) is 17.0 Å². The average Bonchev–Trinajstić information content (AvgIpc) is 3.93. The molecule has 0 amide bonds. The van der Waals surface area contributed by atoms with Gasteiger partial charge in [-0.3, -0.25) is 4.98 Å². The molecule has 2 heteroatoms. The molecule has 2 nitrogen and oxygen atoms in total. The highest BCUT2D eigenvalue weighted by Crippen LogP contribution is 2.58. The van der Waals surface area contributed by atoms with E-state index in [1.165, 1.54) is 116 Å². The summed E-state index contributed by atoms with van der Waals surface area (Å²) in [5.41, 5.74) is 21.3. The number of aromatic nitrogens is 2. The maximum Gasteiger partial charge on any atom is 0.0713 e. The van der Waals surface area contributed by atoms with E-state index in [1.54, 1.807) is 0 Å². The lowest BCUT2D eigenvalue weighted by Crippen LogP contribution is -2.38. The Balaban J connectivity index is 0.951. The zero-order valence-corrected chi connectivity index (χ0v) is 38.7. The van der Waals surface area contributed by atoms with E-state index in [2.05, 4.69) is 252 Å². The second-order valence-corrected chi connectivity index (χ2v) is 19.3. The standard InChI is InChI=1S/C68H48N2/c1-6-18-45(19-7-1)66-56-28-16-17-29-57(56)67(46-20-8-2-9-21-46)60-41-47(32-36-58(60)66)49-30-34-54-55-35-31-50(43-63(55)68(62(54)42-49,51-22-10-3-11-23-51)52-24-12-4-13-25-52)48-33-37-64-59(40-48)61-44-69-39-38-65(61)70(64)53-26-14-5-15-27-53/h1-26,28-40,42-44,53,60H,27,41H2. The minimum Gasteiger partial charge on any atom is -0.333 e. The van der Waals surface area contributed by atoms with Crippen LogP contribution in [0.25, 0.3) is 60.8 Å². The molecular weight excluding hydrogens is 845 g/mol. The van der Waals surface area contributed by atoms with Crippen LogP contribution in [0.2, 0.25) is 0 Å². The molecule has 0 N–H and O–H groups in total. The van der Waals surface area contributed by atoms with E-state index in [0.717, 1.165) is 12.8 Å². The Labute approximate surface area is 408 Å². The lowest BCUT2D eigenvalue weighted by Gasteiger charge is -2.35. The van der Waals surface area contributed by atoms with Gasteiger partial charge in [-0.15, -0.1) is 0 Å². The minimum absolute atomic E-state index is 0.173. The molecule has 4 aliphatic carbocycles. The molecule has 2 unspecified atom stereocenters. The van der Waals surface area contributed by atoms with Gasteiger partial charge >= 0.3 is 0 Å². The van der Waals surface area contributed by atoms with Crippen molar-refractivity contribution in [1.29, 1.82) is 0 Å². The van der Waals surface area contributed by atoms with Crippen molar-refractivity contribution in [3.63, 3.8) is 0 Å². The van der Waals surface area contributed by atoms with Crippen LogP contribution in [-0.4, -0.2) is 9.55 Å². The maximum absolute atomic E-state index is 4.63. The SMILES string of the molecule is C1=CCC(n2c3ccncc3c3cc(-c4ccc5c(c4)C(c4ccccc4)(c4ccccc4)c4cc(C6=CC=C7C(c8ccccc8)=c8ccccc8=C(c8ccccc8)C7C6)ccc4-5)ccc32)C=C1. The van der Waals surface area contributed by atoms with Crippen molar-refractivity contribution >= 4 is 38.5 Å². The summed E-state index contributed by atoms with van der Waals surface area (Å²) in [5.74, 6) is 0.173. The number of benzene rings is 8. The first kappa shape index (κ1) is 40.5. The fourth-order valence-corrected chi connectivity index (χ4v) is 12.7. The largest absolute Gasteiger partial charge is 0.333 e. The third-order valence-corrected chi connectivity index (χ3v) is 15.7. The summed E-state index contributed by atoms with van der Waals surface area (Å²) in [7, 11) is 0. The van der Waals surface area contributed by atoms with Crippen molar-refractivity contribution in [1.82, 2.24) is 9.55 Å². The molecule has 0 aliphatic heterocycles. The van der Waals surface area contributed by atoms with E-state index in [4.69, 9.17) is 0 Å². The van der Waals surface area contributed by atoms with Crippen molar-refractivity contribution in [2.24, 2.45) is 5.92 Å². The molecule has 330 valence electrons. The second kappa shape index (κ2) is 16.3. The van der Waals surface area contributed by atoms with Crippen molar-refractivity contribution < 1.29 is 0 Å². The van der Waals surface area contributed by atoms with Gasteiger partial charge < -0.3 is 4.57 Å². The molecule has 4 aliphatic rings. The van der Waals surface area contributed by atoms with E-state index in [0.29, 0.717) is 0 Å². The monoisotopic (exact) mass is 892 g/mol. The first-order chi connectivity index (χ1) is 34.7. The van der Waals surface area contributed by atoms with Crippen LogP contribution in [-0.2, 0) is 5.41 Å². The number of rotatable bonds is 7. The first-order valence-corrected chi connectivity index (χ1v) is 24.7. The summed E-state index contributed by atoms with van der Waals surface area (Å²) in [4.78, 5) is 4.63. The van der Waals surface area contributed by atoms with Gasteiger partial charge in [0.15, 0.2) is 0 Å². The summed E-state index contributed by atoms with van der Waals surface area (Å²) >= 11 is 0. The fourth-order valence-electron chi connectivity index (χ4n) is 12.7. The molecule has 2 atom stereocenters. The fraction of sp³-hybridized carbons (Fsp3) is 0.0735. The summed E-state index contributed by atoms with van der Waals surface area (Å²) in [6.07, 6.45) is 19.6. The van der Waals surface area contributed by atoms with Crippen molar-refractivity contribution in [2.45, 2.75) is 24.3 Å². The quantitative estimate of drug-likeness (QED) is 0.156. The van der Waals surface area contributed by atoms with E-state index >= 15 is 0 Å². The molecule has 0 saturated heterocycles. The summed E-state index contributed by atoms with van der Waals surface area (Å²) in [5, 5.41) is 5.04. The highest BCUT2D eigenvalue weighted by atomic mass is 15.0. The maximum atomic E-state index is 4.63. The molecule has 0 bridgehead atoms. The van der Waals surface area contributed by atoms with Crippen LogP contribution in [0.3, 0.4) is 0 Å². The number of hydrogen-bond donors (Lipinski definition) is 0. The summed E-state index contributed by atoms with van der Waals surface area (Å²) in [6.45, 7) is 0. The molecule has 0 radical (unpaired) electrons. The Hall–Kier alpha value is -8.59. The molecule has 0 saturated carbocycles. The van der Waals surface area contributed by atoms with Crippen LogP contribution in [0.15, 0.2) is 261 Å². The lowest BCUT2D eigenvalue weighted by molar-refractivity contribution is 0.648. The predicted molar refractivity (Wildman–Crippen MR) is 290 cm³/mol. The van der Waals surface area contributed by atoms with Gasteiger partial charge in [0, 0.05) is 34.6 Å². The Kier molecular flexibility index (Phi) is 9.42. The van der Waals surface area contributed by atoms with E-state index in [1.807, 2.05) is 12.4 Å². The number of pyridine rings is 1. The molecule has 0 spiro atoms. The Morgan fingerprint density at radius 2 is 1.09 bits per heavy atom. The second-order valence-electron chi connectivity index (χ2n) is 19.3. The van der Waals surface area contributed by atoms with Gasteiger partial charge in [0.25, 0.3) is 0 Å². The third-order valence-electron chi connectivity index (χ3n) is 15.7. The molecular formula is C68H48N2. The van der Waals surface area contributed by atoms with Crippen molar-refractivity contribution in [3.05, 3.63) is 310 Å². The van der Waals surface area contributed by atoms with Crippen molar-refractivity contribution in [2.75, 3.05) is 0 Å². The van der Waals surface area contributed by atoms with Crippen LogP contribution in [0.4, 0.5) is 0 Å². The van der Waals surface area contributed by atoms with Gasteiger partial charge in [0.2, 0.25) is 0 Å². The Bertz CT molecular complexity index is 3940. The number of nitrogens with zero attached hydrogens (tertiary/aromatic N) is 2. The highest BCUT2D eigenvalue weighted by Gasteiger charge is 2.46. The lowest BCUT2D eigenvalue weighted by atomic mass is 9.66. The van der Waals surface area contributed by atoms with Crippen LogP contribution < -0.4 is 10.4 Å². The first-order valence-electron chi connectivity index (χ1n) is 24.7.